The summed E-state index contributed by atoms with van der Waals surface area (Å²) in [7, 11) is 0. The van der Waals surface area contributed by atoms with Crippen LogP contribution in [-0.2, 0) is 11.8 Å². The van der Waals surface area contributed by atoms with Gasteiger partial charge in [-0.1, -0.05) is 45.7 Å². The van der Waals surface area contributed by atoms with E-state index in [2.05, 4.69) is 15.9 Å². The number of alkyl halides is 2. The van der Waals surface area contributed by atoms with E-state index in [4.69, 9.17) is 34.8 Å². The van der Waals surface area contributed by atoms with Gasteiger partial charge in [-0.2, -0.15) is 0 Å². The van der Waals surface area contributed by atoms with E-state index in [0.29, 0.717) is 11.4 Å². The number of benzene rings is 2. The van der Waals surface area contributed by atoms with Crippen LogP contribution in [0.3, 0.4) is 0 Å². The quantitative estimate of drug-likeness (QED) is 0.515. The van der Waals surface area contributed by atoms with Crippen molar-refractivity contribution in [3.63, 3.8) is 0 Å². The fourth-order valence-electron chi connectivity index (χ4n) is 2.23. The summed E-state index contributed by atoms with van der Waals surface area (Å²) in [5.74, 6) is 0.271. The van der Waals surface area contributed by atoms with E-state index in [-0.39, 0.29) is 17.6 Å². The molecule has 0 unspecified atom stereocenters. The van der Waals surface area contributed by atoms with Gasteiger partial charge >= 0.3 is 0 Å². The van der Waals surface area contributed by atoms with E-state index in [1.807, 2.05) is 24.3 Å². The molecule has 5 heteroatoms. The molecule has 112 valence electrons. The SMILES string of the molecule is Fc1cccc(C(CCl)(CCl)Cc2ccc(Br)cc2Cl)c1. The largest absolute Gasteiger partial charge is 0.207 e. The first kappa shape index (κ1) is 17.1. The number of hydrogen-bond donors (Lipinski definition) is 0. The molecule has 0 aromatic heterocycles. The lowest BCUT2D eigenvalue weighted by molar-refractivity contribution is 0.528. The molecule has 0 aliphatic rings. The van der Waals surface area contributed by atoms with Gasteiger partial charge in [0, 0.05) is 26.7 Å². The zero-order valence-electron chi connectivity index (χ0n) is 11.1. The number of rotatable bonds is 5. The van der Waals surface area contributed by atoms with E-state index in [1.165, 1.54) is 12.1 Å². The van der Waals surface area contributed by atoms with Gasteiger partial charge in [0.1, 0.15) is 5.82 Å². The molecule has 0 fully saturated rings. The first-order valence-electron chi connectivity index (χ1n) is 6.33. The first-order valence-corrected chi connectivity index (χ1v) is 8.57. The molecule has 0 radical (unpaired) electrons. The lowest BCUT2D eigenvalue weighted by Gasteiger charge is -2.31. The van der Waals surface area contributed by atoms with Crippen LogP contribution in [0.5, 0.6) is 0 Å². The van der Waals surface area contributed by atoms with Crippen molar-refractivity contribution in [3.05, 3.63) is 68.9 Å². The highest BCUT2D eigenvalue weighted by Gasteiger charge is 2.32. The van der Waals surface area contributed by atoms with Crippen LogP contribution < -0.4 is 0 Å². The van der Waals surface area contributed by atoms with Gasteiger partial charge in [0.2, 0.25) is 0 Å². The Hall–Kier alpha value is -0.280. The van der Waals surface area contributed by atoms with Gasteiger partial charge in [-0.05, 0) is 41.8 Å². The summed E-state index contributed by atoms with van der Waals surface area (Å²) >= 11 is 22.0. The number of hydrogen-bond acceptors (Lipinski definition) is 0. The molecule has 0 saturated heterocycles. The van der Waals surface area contributed by atoms with Crippen molar-refractivity contribution in [1.82, 2.24) is 0 Å². The second kappa shape index (κ2) is 7.32. The van der Waals surface area contributed by atoms with Gasteiger partial charge in [-0.25, -0.2) is 4.39 Å². The van der Waals surface area contributed by atoms with Crippen LogP contribution >= 0.6 is 50.7 Å². The highest BCUT2D eigenvalue weighted by molar-refractivity contribution is 9.10. The van der Waals surface area contributed by atoms with Crippen LogP contribution in [0.15, 0.2) is 46.9 Å². The lowest BCUT2D eigenvalue weighted by Crippen LogP contribution is -2.33. The highest BCUT2D eigenvalue weighted by atomic mass is 79.9. The maximum atomic E-state index is 13.5. The minimum absolute atomic E-state index is 0.284. The molecule has 0 nitrogen and oxygen atoms in total. The van der Waals surface area contributed by atoms with Gasteiger partial charge in [0.25, 0.3) is 0 Å². The van der Waals surface area contributed by atoms with Crippen molar-refractivity contribution in [1.29, 1.82) is 0 Å². The molecule has 0 aliphatic heterocycles. The Morgan fingerprint density at radius 1 is 1.05 bits per heavy atom. The molecule has 0 atom stereocenters. The van der Waals surface area contributed by atoms with Crippen molar-refractivity contribution in [3.8, 4) is 0 Å². The second-order valence-corrected chi connectivity index (χ2v) is 6.83. The van der Waals surface area contributed by atoms with Crippen molar-refractivity contribution >= 4 is 50.7 Å². The topological polar surface area (TPSA) is 0 Å². The average Bonchev–Trinajstić information content (AvgIpc) is 2.47. The van der Waals surface area contributed by atoms with Crippen molar-refractivity contribution in [2.75, 3.05) is 11.8 Å². The Labute approximate surface area is 147 Å². The average molecular weight is 411 g/mol. The molecule has 2 aromatic rings. The molecule has 2 rings (SSSR count). The Morgan fingerprint density at radius 2 is 1.76 bits per heavy atom. The van der Waals surface area contributed by atoms with E-state index in [9.17, 15) is 4.39 Å². The zero-order chi connectivity index (χ0) is 15.5. The Bertz CT molecular complexity index is 627. The van der Waals surface area contributed by atoms with Crippen LogP contribution in [0.2, 0.25) is 5.02 Å². The maximum absolute atomic E-state index is 13.5. The third kappa shape index (κ3) is 3.92. The molecule has 0 spiro atoms. The van der Waals surface area contributed by atoms with Gasteiger partial charge in [0.05, 0.1) is 0 Å². The normalized spacial score (nSPS) is 11.7. The van der Waals surface area contributed by atoms with E-state index < -0.39 is 5.41 Å². The van der Waals surface area contributed by atoms with Gasteiger partial charge in [-0.15, -0.1) is 23.2 Å². The van der Waals surface area contributed by atoms with Crippen LogP contribution in [0.1, 0.15) is 11.1 Å². The summed E-state index contributed by atoms with van der Waals surface area (Å²) in [6, 6.07) is 12.1. The van der Waals surface area contributed by atoms with Crippen molar-refractivity contribution < 1.29 is 4.39 Å². The summed E-state index contributed by atoms with van der Waals surface area (Å²) < 4.78 is 14.4. The van der Waals surface area contributed by atoms with Crippen LogP contribution in [0.25, 0.3) is 0 Å². The summed E-state index contributed by atoms with van der Waals surface area (Å²) in [5.41, 5.74) is 1.17. The monoisotopic (exact) mass is 408 g/mol. The van der Waals surface area contributed by atoms with Crippen molar-refractivity contribution in [2.24, 2.45) is 0 Å². The lowest BCUT2D eigenvalue weighted by atomic mass is 9.78. The maximum Gasteiger partial charge on any atom is 0.123 e. The summed E-state index contributed by atoms with van der Waals surface area (Å²) in [6.07, 6.45) is 0.551. The predicted molar refractivity (Wildman–Crippen MR) is 92.4 cm³/mol. The molecule has 0 heterocycles. The summed E-state index contributed by atoms with van der Waals surface area (Å²) in [5, 5.41) is 0.639. The van der Waals surface area contributed by atoms with Crippen LogP contribution in [0.4, 0.5) is 4.39 Å². The van der Waals surface area contributed by atoms with E-state index in [1.54, 1.807) is 6.07 Å². The fourth-order valence-corrected chi connectivity index (χ4v) is 3.76. The molecule has 0 saturated carbocycles. The third-order valence-corrected chi connectivity index (χ3v) is 5.36. The Morgan fingerprint density at radius 3 is 2.33 bits per heavy atom. The molecule has 0 aliphatic carbocycles. The number of halogens is 5. The summed E-state index contributed by atoms with van der Waals surface area (Å²) in [4.78, 5) is 0. The molecule has 2 aromatic carbocycles. The van der Waals surface area contributed by atoms with Gasteiger partial charge in [0.15, 0.2) is 0 Å². The molecule has 0 bridgehead atoms. The Kier molecular flexibility index (Phi) is 5.96. The van der Waals surface area contributed by atoms with E-state index >= 15 is 0 Å². The minimum atomic E-state index is -0.553. The molecule has 21 heavy (non-hydrogen) atoms. The van der Waals surface area contributed by atoms with Gasteiger partial charge in [-0.3, -0.25) is 0 Å². The molecule has 0 N–H and O–H groups in total. The first-order chi connectivity index (χ1) is 10.0. The fraction of sp³-hybridized carbons (Fsp3) is 0.250. The second-order valence-electron chi connectivity index (χ2n) is 4.97. The minimum Gasteiger partial charge on any atom is -0.207 e. The Balaban J connectivity index is 2.43. The van der Waals surface area contributed by atoms with Crippen LogP contribution in [-0.4, -0.2) is 11.8 Å². The van der Waals surface area contributed by atoms with E-state index in [0.717, 1.165) is 15.6 Å². The zero-order valence-corrected chi connectivity index (χ0v) is 14.9. The highest BCUT2D eigenvalue weighted by Crippen LogP contribution is 2.34. The van der Waals surface area contributed by atoms with Gasteiger partial charge < -0.3 is 0 Å². The van der Waals surface area contributed by atoms with Crippen molar-refractivity contribution in [2.45, 2.75) is 11.8 Å². The molecular weight excluding hydrogens is 397 g/mol. The summed E-state index contributed by atoms with van der Waals surface area (Å²) in [6.45, 7) is 0. The van der Waals surface area contributed by atoms with Crippen LogP contribution in [0, 0.1) is 5.82 Å². The molecule has 0 amide bonds. The standard InChI is InChI=1S/C16H13BrCl3F/c17-13-5-4-11(15(20)7-13)8-16(9-18,10-19)12-2-1-3-14(21)6-12/h1-7H,8-10H2. The molecular formula is C16H13BrCl3F. The predicted octanol–water partition coefficient (Wildman–Crippen LogP) is 6.20. The third-order valence-electron chi connectivity index (χ3n) is 3.49. The smallest absolute Gasteiger partial charge is 0.123 e.